The summed E-state index contributed by atoms with van der Waals surface area (Å²) in [5, 5.41) is 1.19. The van der Waals surface area contributed by atoms with Crippen molar-refractivity contribution in [3.8, 4) is 0 Å². The first-order valence-electron chi connectivity index (χ1n) is 5.84. The standard InChI is InChI=1S/C15H17N/c1-3-4-7-12(2)14-10-13-8-5-6-9-15(13)16-11-14/h5-6,8-11H,2-4,7H2,1H3. The number of para-hydroxylation sites is 1. The smallest absolute Gasteiger partial charge is 0.0702 e. The lowest BCUT2D eigenvalue weighted by Crippen LogP contribution is -1.86. The van der Waals surface area contributed by atoms with Gasteiger partial charge in [0.2, 0.25) is 0 Å². The van der Waals surface area contributed by atoms with Crippen LogP contribution in [0.2, 0.25) is 0 Å². The number of pyridine rings is 1. The molecule has 0 saturated carbocycles. The van der Waals surface area contributed by atoms with Crippen LogP contribution in [0.25, 0.3) is 16.5 Å². The van der Waals surface area contributed by atoms with Gasteiger partial charge in [-0.3, -0.25) is 4.98 Å². The van der Waals surface area contributed by atoms with Crippen LogP contribution in [0, 0.1) is 0 Å². The zero-order valence-electron chi connectivity index (χ0n) is 9.74. The predicted molar refractivity (Wildman–Crippen MR) is 70.3 cm³/mol. The largest absolute Gasteiger partial charge is 0.256 e. The lowest BCUT2D eigenvalue weighted by atomic mass is 10.0. The minimum Gasteiger partial charge on any atom is -0.256 e. The predicted octanol–water partition coefficient (Wildman–Crippen LogP) is 4.44. The Morgan fingerprint density at radius 2 is 2.12 bits per heavy atom. The van der Waals surface area contributed by atoms with Gasteiger partial charge in [0.25, 0.3) is 0 Å². The van der Waals surface area contributed by atoms with E-state index in [0.717, 1.165) is 11.9 Å². The van der Waals surface area contributed by atoms with Crippen LogP contribution in [0.1, 0.15) is 31.7 Å². The highest BCUT2D eigenvalue weighted by atomic mass is 14.6. The van der Waals surface area contributed by atoms with Gasteiger partial charge in [0, 0.05) is 11.6 Å². The number of hydrogen-bond acceptors (Lipinski definition) is 1. The Morgan fingerprint density at radius 1 is 1.31 bits per heavy atom. The summed E-state index contributed by atoms with van der Waals surface area (Å²) in [6, 6.07) is 10.4. The van der Waals surface area contributed by atoms with E-state index < -0.39 is 0 Å². The molecule has 0 bridgehead atoms. The molecule has 1 nitrogen and oxygen atoms in total. The fourth-order valence-electron chi connectivity index (χ4n) is 1.80. The Bertz CT molecular complexity index is 500. The number of fused-ring (bicyclic) bond motifs is 1. The van der Waals surface area contributed by atoms with Crippen molar-refractivity contribution in [2.75, 3.05) is 0 Å². The van der Waals surface area contributed by atoms with Crippen LogP contribution in [0.5, 0.6) is 0 Å². The van der Waals surface area contributed by atoms with Crippen LogP contribution in [0.4, 0.5) is 0 Å². The Hall–Kier alpha value is -1.63. The molecule has 1 heteroatoms. The molecular formula is C15H17N. The summed E-state index contributed by atoms with van der Waals surface area (Å²) >= 11 is 0. The maximum absolute atomic E-state index is 4.45. The number of aromatic nitrogens is 1. The molecule has 0 aliphatic rings. The van der Waals surface area contributed by atoms with E-state index in [0.29, 0.717) is 0 Å². The third-order valence-electron chi connectivity index (χ3n) is 2.83. The first kappa shape index (κ1) is 10.9. The molecule has 2 rings (SSSR count). The molecule has 0 unspecified atom stereocenters. The normalized spacial score (nSPS) is 10.6. The third kappa shape index (κ3) is 2.30. The molecule has 0 amide bonds. The average molecular weight is 211 g/mol. The quantitative estimate of drug-likeness (QED) is 0.728. The molecule has 0 saturated heterocycles. The molecule has 2 aromatic rings. The third-order valence-corrected chi connectivity index (χ3v) is 2.83. The molecule has 16 heavy (non-hydrogen) atoms. The molecular weight excluding hydrogens is 194 g/mol. The van der Waals surface area contributed by atoms with E-state index in [1.165, 1.54) is 29.4 Å². The maximum atomic E-state index is 4.45. The molecule has 82 valence electrons. The van der Waals surface area contributed by atoms with Gasteiger partial charge in [-0.15, -0.1) is 0 Å². The van der Waals surface area contributed by atoms with E-state index in [1.807, 2.05) is 24.4 Å². The van der Waals surface area contributed by atoms with Crippen molar-refractivity contribution in [1.29, 1.82) is 0 Å². The Morgan fingerprint density at radius 3 is 2.94 bits per heavy atom. The first-order valence-corrected chi connectivity index (χ1v) is 5.84. The molecule has 0 radical (unpaired) electrons. The molecule has 0 fully saturated rings. The van der Waals surface area contributed by atoms with E-state index in [2.05, 4.69) is 30.6 Å². The van der Waals surface area contributed by atoms with Crippen molar-refractivity contribution in [3.05, 3.63) is 48.7 Å². The van der Waals surface area contributed by atoms with Gasteiger partial charge in [0.05, 0.1) is 5.52 Å². The van der Waals surface area contributed by atoms with E-state index in [1.54, 1.807) is 0 Å². The van der Waals surface area contributed by atoms with Crippen molar-refractivity contribution < 1.29 is 0 Å². The lowest BCUT2D eigenvalue weighted by molar-refractivity contribution is 0.825. The van der Waals surface area contributed by atoms with Gasteiger partial charge in [0.15, 0.2) is 0 Å². The number of unbranched alkanes of at least 4 members (excludes halogenated alkanes) is 1. The van der Waals surface area contributed by atoms with Gasteiger partial charge in [-0.2, -0.15) is 0 Å². The lowest BCUT2D eigenvalue weighted by Gasteiger charge is -2.05. The van der Waals surface area contributed by atoms with E-state index >= 15 is 0 Å². The monoisotopic (exact) mass is 211 g/mol. The second kappa shape index (κ2) is 4.93. The van der Waals surface area contributed by atoms with Crippen LogP contribution >= 0.6 is 0 Å². The topological polar surface area (TPSA) is 12.9 Å². The summed E-state index contributed by atoms with van der Waals surface area (Å²) in [5.41, 5.74) is 3.42. The zero-order chi connectivity index (χ0) is 11.4. The van der Waals surface area contributed by atoms with Crippen molar-refractivity contribution in [2.24, 2.45) is 0 Å². The first-order chi connectivity index (χ1) is 7.81. The van der Waals surface area contributed by atoms with Gasteiger partial charge in [0.1, 0.15) is 0 Å². The molecule has 0 N–H and O–H groups in total. The minimum absolute atomic E-state index is 1.05. The molecule has 0 spiro atoms. The maximum Gasteiger partial charge on any atom is 0.0702 e. The molecule has 0 atom stereocenters. The Kier molecular flexibility index (Phi) is 3.35. The van der Waals surface area contributed by atoms with Crippen LogP contribution in [0.3, 0.4) is 0 Å². The van der Waals surface area contributed by atoms with Gasteiger partial charge in [-0.1, -0.05) is 38.1 Å². The molecule has 1 heterocycles. The summed E-state index contributed by atoms with van der Waals surface area (Å²) in [7, 11) is 0. The van der Waals surface area contributed by atoms with Crippen molar-refractivity contribution >= 4 is 16.5 Å². The van der Waals surface area contributed by atoms with Crippen LogP contribution in [-0.2, 0) is 0 Å². The molecule has 0 aliphatic carbocycles. The number of allylic oxidation sites excluding steroid dienone is 1. The molecule has 0 aliphatic heterocycles. The zero-order valence-corrected chi connectivity index (χ0v) is 9.74. The summed E-state index contributed by atoms with van der Waals surface area (Å²) in [6.07, 6.45) is 5.41. The average Bonchev–Trinajstić information content (AvgIpc) is 2.35. The summed E-state index contributed by atoms with van der Waals surface area (Å²) < 4.78 is 0. The molecule has 1 aromatic heterocycles. The molecule has 1 aromatic carbocycles. The van der Waals surface area contributed by atoms with Gasteiger partial charge >= 0.3 is 0 Å². The van der Waals surface area contributed by atoms with Crippen LogP contribution in [-0.4, -0.2) is 4.98 Å². The van der Waals surface area contributed by atoms with Crippen molar-refractivity contribution in [3.63, 3.8) is 0 Å². The fourth-order valence-corrected chi connectivity index (χ4v) is 1.80. The highest BCUT2D eigenvalue weighted by molar-refractivity contribution is 5.82. The van der Waals surface area contributed by atoms with Gasteiger partial charge < -0.3 is 0 Å². The number of nitrogens with zero attached hydrogens (tertiary/aromatic N) is 1. The second-order valence-electron chi connectivity index (χ2n) is 4.12. The highest BCUT2D eigenvalue weighted by Crippen LogP contribution is 2.21. The van der Waals surface area contributed by atoms with E-state index in [9.17, 15) is 0 Å². The number of hydrogen-bond donors (Lipinski definition) is 0. The minimum atomic E-state index is 1.05. The number of rotatable bonds is 4. The second-order valence-corrected chi connectivity index (χ2v) is 4.12. The Labute approximate surface area is 96.8 Å². The van der Waals surface area contributed by atoms with Crippen LogP contribution < -0.4 is 0 Å². The summed E-state index contributed by atoms with van der Waals surface area (Å²) in [6.45, 7) is 6.33. The summed E-state index contributed by atoms with van der Waals surface area (Å²) in [5.74, 6) is 0. The van der Waals surface area contributed by atoms with Crippen molar-refractivity contribution in [2.45, 2.75) is 26.2 Å². The van der Waals surface area contributed by atoms with Gasteiger partial charge in [-0.05, 0) is 36.1 Å². The summed E-state index contributed by atoms with van der Waals surface area (Å²) in [4.78, 5) is 4.45. The van der Waals surface area contributed by atoms with E-state index in [4.69, 9.17) is 0 Å². The van der Waals surface area contributed by atoms with E-state index in [-0.39, 0.29) is 0 Å². The highest BCUT2D eigenvalue weighted by Gasteiger charge is 2.01. The fraction of sp³-hybridized carbons (Fsp3) is 0.267. The number of benzene rings is 1. The van der Waals surface area contributed by atoms with Crippen molar-refractivity contribution in [1.82, 2.24) is 4.98 Å². The SMILES string of the molecule is C=C(CCCC)c1cnc2ccccc2c1. The van der Waals surface area contributed by atoms with Gasteiger partial charge in [-0.25, -0.2) is 0 Å². The Balaban J connectivity index is 2.28. The van der Waals surface area contributed by atoms with Crippen LogP contribution in [0.15, 0.2) is 43.1 Å².